The van der Waals surface area contributed by atoms with Gasteiger partial charge in [-0.05, 0) is 35.7 Å². The molecule has 2 aromatic carbocycles. The predicted molar refractivity (Wildman–Crippen MR) is 114 cm³/mol. The SMILES string of the molecule is CCCc1[nH]c2cc(C(N)=O)cc(Cc3ccccc3N)c2c1C(=O)C(C)C. The molecule has 0 unspecified atom stereocenters. The van der Waals surface area contributed by atoms with Gasteiger partial charge in [0.1, 0.15) is 0 Å². The van der Waals surface area contributed by atoms with Gasteiger partial charge in [-0.2, -0.15) is 0 Å². The summed E-state index contributed by atoms with van der Waals surface area (Å²) in [6.07, 6.45) is 2.20. The number of ketones is 1. The van der Waals surface area contributed by atoms with Crippen molar-refractivity contribution in [1.29, 1.82) is 0 Å². The lowest BCUT2D eigenvalue weighted by atomic mass is 9.91. The van der Waals surface area contributed by atoms with E-state index >= 15 is 0 Å². The first kappa shape index (κ1) is 19.7. The molecule has 1 aromatic heterocycles. The van der Waals surface area contributed by atoms with E-state index in [9.17, 15) is 9.59 Å². The zero-order valence-corrected chi connectivity index (χ0v) is 16.6. The molecule has 0 aliphatic carbocycles. The van der Waals surface area contributed by atoms with Gasteiger partial charge in [-0.1, -0.05) is 45.4 Å². The summed E-state index contributed by atoms with van der Waals surface area (Å²) in [7, 11) is 0. The van der Waals surface area contributed by atoms with Crippen LogP contribution in [0.2, 0.25) is 0 Å². The van der Waals surface area contributed by atoms with Gasteiger partial charge in [0.15, 0.2) is 5.78 Å². The van der Waals surface area contributed by atoms with Crippen LogP contribution in [0.15, 0.2) is 36.4 Å². The van der Waals surface area contributed by atoms with Gasteiger partial charge < -0.3 is 16.5 Å². The second-order valence-corrected chi connectivity index (χ2v) is 7.55. The van der Waals surface area contributed by atoms with Crippen LogP contribution < -0.4 is 11.5 Å². The fourth-order valence-corrected chi connectivity index (χ4v) is 3.65. The number of H-pyrrole nitrogens is 1. The van der Waals surface area contributed by atoms with Crippen molar-refractivity contribution in [3.8, 4) is 0 Å². The number of hydrogen-bond acceptors (Lipinski definition) is 3. The Morgan fingerprint density at radius 1 is 1.11 bits per heavy atom. The number of aryl methyl sites for hydroxylation is 1. The number of benzene rings is 2. The van der Waals surface area contributed by atoms with Crippen molar-refractivity contribution in [1.82, 2.24) is 4.98 Å². The smallest absolute Gasteiger partial charge is 0.248 e. The molecule has 3 rings (SSSR count). The first-order valence-corrected chi connectivity index (χ1v) is 9.68. The molecule has 5 heteroatoms. The normalized spacial score (nSPS) is 11.3. The Morgan fingerprint density at radius 2 is 1.82 bits per heavy atom. The highest BCUT2D eigenvalue weighted by molar-refractivity contribution is 6.12. The summed E-state index contributed by atoms with van der Waals surface area (Å²) in [6, 6.07) is 11.2. The zero-order valence-electron chi connectivity index (χ0n) is 16.6. The number of para-hydroxylation sites is 1. The van der Waals surface area contributed by atoms with Crippen molar-refractivity contribution in [3.05, 3.63) is 64.3 Å². The van der Waals surface area contributed by atoms with Crippen LogP contribution in [0.4, 0.5) is 5.69 Å². The average molecular weight is 377 g/mol. The Morgan fingerprint density at radius 3 is 2.43 bits per heavy atom. The van der Waals surface area contributed by atoms with Crippen LogP contribution in [0.3, 0.4) is 0 Å². The van der Waals surface area contributed by atoms with Crippen molar-refractivity contribution in [2.75, 3.05) is 5.73 Å². The number of nitrogen functional groups attached to an aromatic ring is 1. The molecule has 5 N–H and O–H groups in total. The summed E-state index contributed by atoms with van der Waals surface area (Å²) in [6.45, 7) is 5.89. The zero-order chi connectivity index (χ0) is 20.4. The summed E-state index contributed by atoms with van der Waals surface area (Å²) >= 11 is 0. The number of nitrogens with two attached hydrogens (primary N) is 2. The molecule has 1 heterocycles. The molecule has 0 spiro atoms. The summed E-state index contributed by atoms with van der Waals surface area (Å²) in [5, 5.41) is 0.871. The molecule has 3 aromatic rings. The van der Waals surface area contributed by atoms with Crippen LogP contribution in [0.5, 0.6) is 0 Å². The number of rotatable bonds is 7. The Kier molecular flexibility index (Phi) is 5.54. The van der Waals surface area contributed by atoms with Crippen LogP contribution >= 0.6 is 0 Å². The second-order valence-electron chi connectivity index (χ2n) is 7.55. The quantitative estimate of drug-likeness (QED) is 0.424. The van der Waals surface area contributed by atoms with Gasteiger partial charge in [-0.25, -0.2) is 0 Å². The van der Waals surface area contributed by atoms with Crippen LogP contribution in [0.25, 0.3) is 10.9 Å². The molecule has 0 aliphatic rings. The highest BCUT2D eigenvalue weighted by atomic mass is 16.1. The van der Waals surface area contributed by atoms with Crippen LogP contribution in [-0.4, -0.2) is 16.7 Å². The van der Waals surface area contributed by atoms with E-state index in [0.29, 0.717) is 17.7 Å². The molecule has 0 aliphatic heterocycles. The fraction of sp³-hybridized carbons (Fsp3) is 0.304. The van der Waals surface area contributed by atoms with Crippen molar-refractivity contribution in [3.63, 3.8) is 0 Å². The number of primary amides is 1. The first-order chi connectivity index (χ1) is 13.3. The minimum atomic E-state index is -0.493. The molecule has 28 heavy (non-hydrogen) atoms. The maximum atomic E-state index is 13.1. The number of amides is 1. The lowest BCUT2D eigenvalue weighted by Crippen LogP contribution is -2.13. The summed E-state index contributed by atoms with van der Waals surface area (Å²) in [5.41, 5.74) is 17.1. The van der Waals surface area contributed by atoms with E-state index in [1.54, 1.807) is 12.1 Å². The number of carbonyl (C=O) groups is 2. The van der Waals surface area contributed by atoms with Gasteiger partial charge in [0.05, 0.1) is 0 Å². The van der Waals surface area contributed by atoms with E-state index in [1.807, 2.05) is 38.1 Å². The lowest BCUT2D eigenvalue weighted by molar-refractivity contribution is 0.0939. The molecule has 0 bridgehead atoms. The van der Waals surface area contributed by atoms with Crippen LogP contribution in [-0.2, 0) is 12.8 Å². The van der Waals surface area contributed by atoms with Crippen molar-refractivity contribution in [2.24, 2.45) is 11.7 Å². The van der Waals surface area contributed by atoms with E-state index in [4.69, 9.17) is 11.5 Å². The number of aromatic nitrogens is 1. The van der Waals surface area contributed by atoms with Gasteiger partial charge in [-0.3, -0.25) is 9.59 Å². The molecule has 0 fully saturated rings. The Labute approximate surface area is 165 Å². The Balaban J connectivity index is 2.31. The minimum Gasteiger partial charge on any atom is -0.398 e. The Bertz CT molecular complexity index is 1050. The molecule has 0 atom stereocenters. The van der Waals surface area contributed by atoms with Crippen molar-refractivity contribution in [2.45, 2.75) is 40.0 Å². The van der Waals surface area contributed by atoms with Crippen molar-refractivity contribution < 1.29 is 9.59 Å². The highest BCUT2D eigenvalue weighted by Crippen LogP contribution is 2.32. The average Bonchev–Trinajstić information content (AvgIpc) is 3.01. The minimum absolute atomic E-state index is 0.101. The van der Waals surface area contributed by atoms with Crippen molar-refractivity contribution >= 4 is 28.3 Å². The molecule has 146 valence electrons. The maximum Gasteiger partial charge on any atom is 0.248 e. The highest BCUT2D eigenvalue weighted by Gasteiger charge is 2.24. The Hall–Kier alpha value is -3.08. The summed E-state index contributed by atoms with van der Waals surface area (Å²) < 4.78 is 0. The van der Waals surface area contributed by atoms with Gasteiger partial charge in [0, 0.05) is 45.7 Å². The number of Topliss-reactive ketones (excluding diaryl/α,β-unsaturated/α-hetero) is 1. The van der Waals surface area contributed by atoms with E-state index < -0.39 is 5.91 Å². The molecular formula is C23H27N3O2. The number of aromatic amines is 1. The standard InChI is InChI=1S/C23H27N3O2/c1-4-7-18-21(22(27)13(2)3)20-15(10-14-8-5-6-9-17(14)24)11-16(23(25)28)12-19(20)26-18/h5-6,8-9,11-13,26H,4,7,10,24H2,1-3H3,(H2,25,28). The van der Waals surface area contributed by atoms with E-state index in [1.165, 1.54) is 0 Å². The number of anilines is 1. The molecule has 0 saturated heterocycles. The molecular weight excluding hydrogens is 350 g/mol. The molecule has 1 amide bonds. The lowest BCUT2D eigenvalue weighted by Gasteiger charge is -2.12. The summed E-state index contributed by atoms with van der Waals surface area (Å²) in [4.78, 5) is 28.3. The first-order valence-electron chi connectivity index (χ1n) is 9.68. The van der Waals surface area contributed by atoms with E-state index in [0.717, 1.165) is 46.1 Å². The number of fused-ring (bicyclic) bond motifs is 1. The third kappa shape index (κ3) is 3.65. The number of nitrogens with one attached hydrogen (secondary N) is 1. The van der Waals surface area contributed by atoms with Crippen LogP contribution in [0, 0.1) is 5.92 Å². The second kappa shape index (κ2) is 7.89. The van der Waals surface area contributed by atoms with Gasteiger partial charge >= 0.3 is 0 Å². The van der Waals surface area contributed by atoms with Crippen LogP contribution in [0.1, 0.15) is 64.7 Å². The number of hydrogen-bond donors (Lipinski definition) is 3. The molecule has 5 nitrogen and oxygen atoms in total. The third-order valence-corrected chi connectivity index (χ3v) is 5.05. The summed E-state index contributed by atoms with van der Waals surface area (Å²) in [5.74, 6) is -0.517. The topological polar surface area (TPSA) is 102 Å². The van der Waals surface area contributed by atoms with Gasteiger partial charge in [0.25, 0.3) is 0 Å². The van der Waals surface area contributed by atoms with Gasteiger partial charge in [-0.15, -0.1) is 0 Å². The van der Waals surface area contributed by atoms with E-state index in [-0.39, 0.29) is 11.7 Å². The molecule has 0 saturated carbocycles. The van der Waals surface area contributed by atoms with Gasteiger partial charge in [0.2, 0.25) is 5.91 Å². The molecule has 0 radical (unpaired) electrons. The fourth-order valence-electron chi connectivity index (χ4n) is 3.65. The number of carbonyl (C=O) groups excluding carboxylic acids is 2. The predicted octanol–water partition coefficient (Wildman–Crippen LogP) is 4.23. The third-order valence-electron chi connectivity index (χ3n) is 5.05. The maximum absolute atomic E-state index is 13.1. The monoisotopic (exact) mass is 377 g/mol. The van der Waals surface area contributed by atoms with E-state index in [2.05, 4.69) is 11.9 Å². The largest absolute Gasteiger partial charge is 0.398 e.